The molecule has 0 bridgehead atoms. The highest BCUT2D eigenvalue weighted by Crippen LogP contribution is 2.31. The van der Waals surface area contributed by atoms with Gasteiger partial charge in [0.15, 0.2) is 11.5 Å². The van der Waals surface area contributed by atoms with E-state index in [4.69, 9.17) is 9.47 Å². The molecule has 1 amide bonds. The first-order valence-corrected chi connectivity index (χ1v) is 7.83. The number of fused-ring (bicyclic) bond motifs is 1. The molecule has 3 rings (SSSR count). The number of ether oxygens (including phenoxy) is 2. The summed E-state index contributed by atoms with van der Waals surface area (Å²) in [5, 5.41) is 2.90. The number of carbonyl (C=O) groups excluding carboxylic acids is 1. The molecule has 0 saturated heterocycles. The lowest BCUT2D eigenvalue weighted by Gasteiger charge is -2.25. The molecular formula is C16H15NO3S. The summed E-state index contributed by atoms with van der Waals surface area (Å²) in [5.74, 6) is 1.07. The fourth-order valence-electron chi connectivity index (χ4n) is 2.11. The molecule has 1 N–H and O–H groups in total. The maximum atomic E-state index is 12.3. The predicted octanol–water partition coefficient (Wildman–Crippen LogP) is 3.19. The molecule has 21 heavy (non-hydrogen) atoms. The van der Waals surface area contributed by atoms with Crippen LogP contribution in [-0.4, -0.2) is 24.9 Å². The summed E-state index contributed by atoms with van der Waals surface area (Å²) in [7, 11) is 0. The van der Waals surface area contributed by atoms with Crippen molar-refractivity contribution in [3.63, 3.8) is 0 Å². The largest absolute Gasteiger partial charge is 0.485 e. The van der Waals surface area contributed by atoms with E-state index in [1.807, 2.05) is 48.7 Å². The van der Waals surface area contributed by atoms with Gasteiger partial charge in [-0.3, -0.25) is 4.79 Å². The van der Waals surface area contributed by atoms with Crippen molar-refractivity contribution in [3.05, 3.63) is 48.5 Å². The van der Waals surface area contributed by atoms with E-state index in [-0.39, 0.29) is 12.5 Å². The third kappa shape index (κ3) is 2.97. The SMILES string of the molecule is CSc1ccccc1NC(=O)[C@H]1COc2ccccc2O1. The molecule has 108 valence electrons. The monoisotopic (exact) mass is 301 g/mol. The van der Waals surface area contributed by atoms with Crippen LogP contribution in [-0.2, 0) is 4.79 Å². The Balaban J connectivity index is 1.72. The van der Waals surface area contributed by atoms with Crippen LogP contribution in [0.2, 0.25) is 0 Å². The van der Waals surface area contributed by atoms with Crippen molar-refractivity contribution >= 4 is 23.4 Å². The molecule has 1 heterocycles. The highest BCUT2D eigenvalue weighted by Gasteiger charge is 2.27. The zero-order chi connectivity index (χ0) is 14.7. The Morgan fingerprint density at radius 3 is 2.67 bits per heavy atom. The van der Waals surface area contributed by atoms with Gasteiger partial charge in [0.05, 0.1) is 5.69 Å². The van der Waals surface area contributed by atoms with Gasteiger partial charge in [-0.15, -0.1) is 11.8 Å². The number of nitrogens with one attached hydrogen (secondary N) is 1. The number of para-hydroxylation sites is 3. The number of carbonyl (C=O) groups is 1. The van der Waals surface area contributed by atoms with Gasteiger partial charge in [0.25, 0.3) is 5.91 Å². The molecule has 0 aromatic heterocycles. The van der Waals surface area contributed by atoms with Gasteiger partial charge < -0.3 is 14.8 Å². The van der Waals surface area contributed by atoms with E-state index in [0.717, 1.165) is 10.6 Å². The van der Waals surface area contributed by atoms with E-state index >= 15 is 0 Å². The Kier molecular flexibility index (Phi) is 4.01. The van der Waals surface area contributed by atoms with Gasteiger partial charge in [-0.25, -0.2) is 0 Å². The van der Waals surface area contributed by atoms with Gasteiger partial charge >= 0.3 is 0 Å². The number of thioether (sulfide) groups is 1. The molecule has 0 radical (unpaired) electrons. The Bertz CT molecular complexity index is 659. The van der Waals surface area contributed by atoms with Gasteiger partial charge in [0.2, 0.25) is 6.10 Å². The number of amides is 1. The van der Waals surface area contributed by atoms with Crippen LogP contribution in [0.1, 0.15) is 0 Å². The smallest absolute Gasteiger partial charge is 0.269 e. The Morgan fingerprint density at radius 2 is 1.86 bits per heavy atom. The van der Waals surface area contributed by atoms with Crippen LogP contribution in [0.25, 0.3) is 0 Å². The molecule has 0 saturated carbocycles. The van der Waals surface area contributed by atoms with Crippen molar-refractivity contribution in [2.24, 2.45) is 0 Å². The number of hydrogen-bond acceptors (Lipinski definition) is 4. The Hall–Kier alpha value is -2.14. The van der Waals surface area contributed by atoms with Crippen molar-refractivity contribution in [1.29, 1.82) is 0 Å². The Labute approximate surface area is 127 Å². The summed E-state index contributed by atoms with van der Waals surface area (Å²) < 4.78 is 11.3. The van der Waals surface area contributed by atoms with Crippen LogP contribution in [0, 0.1) is 0 Å². The van der Waals surface area contributed by atoms with E-state index in [1.54, 1.807) is 17.8 Å². The lowest BCUT2D eigenvalue weighted by molar-refractivity contribution is -0.125. The molecule has 1 atom stereocenters. The minimum absolute atomic E-state index is 0.203. The zero-order valence-corrected chi connectivity index (χ0v) is 12.4. The van der Waals surface area contributed by atoms with Crippen molar-refractivity contribution < 1.29 is 14.3 Å². The lowest BCUT2D eigenvalue weighted by atomic mass is 10.2. The molecule has 2 aromatic rings. The molecule has 0 aliphatic carbocycles. The molecular weight excluding hydrogens is 286 g/mol. The van der Waals surface area contributed by atoms with Crippen molar-refractivity contribution in [1.82, 2.24) is 0 Å². The first-order valence-electron chi connectivity index (χ1n) is 6.60. The number of benzene rings is 2. The van der Waals surface area contributed by atoms with Crippen molar-refractivity contribution in [2.75, 3.05) is 18.2 Å². The van der Waals surface area contributed by atoms with Crippen LogP contribution >= 0.6 is 11.8 Å². The van der Waals surface area contributed by atoms with Crippen LogP contribution < -0.4 is 14.8 Å². The van der Waals surface area contributed by atoms with E-state index in [2.05, 4.69) is 5.32 Å². The van der Waals surface area contributed by atoms with Crippen molar-refractivity contribution in [2.45, 2.75) is 11.0 Å². The number of anilines is 1. The summed E-state index contributed by atoms with van der Waals surface area (Å²) in [4.78, 5) is 13.3. The maximum Gasteiger partial charge on any atom is 0.269 e. The third-order valence-electron chi connectivity index (χ3n) is 3.17. The second kappa shape index (κ2) is 6.10. The quantitative estimate of drug-likeness (QED) is 0.885. The van der Waals surface area contributed by atoms with Crippen LogP contribution in [0.3, 0.4) is 0 Å². The molecule has 0 spiro atoms. The van der Waals surface area contributed by atoms with Crippen LogP contribution in [0.5, 0.6) is 11.5 Å². The highest BCUT2D eigenvalue weighted by atomic mass is 32.2. The Morgan fingerprint density at radius 1 is 1.14 bits per heavy atom. The molecule has 1 aliphatic heterocycles. The van der Waals surface area contributed by atoms with Crippen LogP contribution in [0.15, 0.2) is 53.4 Å². The summed E-state index contributed by atoms with van der Waals surface area (Å²) in [5.41, 5.74) is 0.789. The van der Waals surface area contributed by atoms with Gasteiger partial charge in [-0.05, 0) is 30.5 Å². The van der Waals surface area contributed by atoms with Crippen LogP contribution in [0.4, 0.5) is 5.69 Å². The van der Waals surface area contributed by atoms with Gasteiger partial charge in [0.1, 0.15) is 6.61 Å². The standard InChI is InChI=1S/C16H15NO3S/c1-21-15-9-5-2-6-11(15)17-16(18)14-10-19-12-7-3-4-8-13(12)20-14/h2-9,14H,10H2,1H3,(H,17,18)/t14-/m1/s1. The summed E-state index contributed by atoms with van der Waals surface area (Å²) in [6.07, 6.45) is 1.33. The van der Waals surface area contributed by atoms with E-state index in [0.29, 0.717) is 11.5 Å². The van der Waals surface area contributed by atoms with Gasteiger partial charge in [0, 0.05) is 4.90 Å². The van der Waals surface area contributed by atoms with E-state index in [1.165, 1.54) is 0 Å². The summed E-state index contributed by atoms with van der Waals surface area (Å²) in [6, 6.07) is 15.0. The molecule has 4 nitrogen and oxygen atoms in total. The third-order valence-corrected chi connectivity index (χ3v) is 3.96. The molecule has 0 fully saturated rings. The van der Waals surface area contributed by atoms with E-state index < -0.39 is 6.10 Å². The molecule has 1 aliphatic rings. The average molecular weight is 301 g/mol. The minimum Gasteiger partial charge on any atom is -0.485 e. The number of rotatable bonds is 3. The molecule has 0 unspecified atom stereocenters. The average Bonchev–Trinajstić information content (AvgIpc) is 2.55. The number of hydrogen-bond donors (Lipinski definition) is 1. The summed E-state index contributed by atoms with van der Waals surface area (Å²) >= 11 is 1.59. The van der Waals surface area contributed by atoms with E-state index in [9.17, 15) is 4.79 Å². The second-order valence-electron chi connectivity index (χ2n) is 4.55. The normalized spacial score (nSPS) is 16.3. The van der Waals surface area contributed by atoms with Crippen molar-refractivity contribution in [3.8, 4) is 11.5 Å². The zero-order valence-electron chi connectivity index (χ0n) is 11.5. The fourth-order valence-corrected chi connectivity index (χ4v) is 2.66. The first-order chi connectivity index (χ1) is 10.3. The minimum atomic E-state index is -0.644. The second-order valence-corrected chi connectivity index (χ2v) is 5.40. The topological polar surface area (TPSA) is 47.6 Å². The maximum absolute atomic E-state index is 12.3. The lowest BCUT2D eigenvalue weighted by Crippen LogP contribution is -2.40. The predicted molar refractivity (Wildman–Crippen MR) is 83.2 cm³/mol. The first kappa shape index (κ1) is 13.8. The highest BCUT2D eigenvalue weighted by molar-refractivity contribution is 7.98. The van der Waals surface area contributed by atoms with Gasteiger partial charge in [-0.2, -0.15) is 0 Å². The summed E-state index contributed by atoms with van der Waals surface area (Å²) in [6.45, 7) is 0.213. The van der Waals surface area contributed by atoms with Gasteiger partial charge in [-0.1, -0.05) is 24.3 Å². The molecule has 2 aromatic carbocycles. The fraction of sp³-hybridized carbons (Fsp3) is 0.188. The molecule has 5 heteroatoms.